The van der Waals surface area contributed by atoms with Crippen molar-refractivity contribution in [1.29, 1.82) is 0 Å². The number of halogens is 1. The van der Waals surface area contributed by atoms with E-state index < -0.39 is 16.8 Å². The number of aryl methyl sites for hydroxylation is 1. The number of hydrogen-bond acceptors (Lipinski definition) is 3. The van der Waals surface area contributed by atoms with Gasteiger partial charge in [-0.25, -0.2) is 4.39 Å². The Balaban J connectivity index is 1.86. The number of benzene rings is 3. The Hall–Kier alpha value is -2.66. The standard InChI is InChI=1S/C22H22FNO2S/c1-16-7-13-19(14-8-16)27(25)15-22(20-5-3-4-6-21(20)23)24-17-9-11-18(26-2)12-10-17/h3-14,22,24H,15H2,1-2H3/t22-,27-/m1/s1. The normalized spacial score (nSPS) is 13.0. The third-order valence-electron chi connectivity index (χ3n) is 4.31. The molecule has 1 N–H and O–H groups in total. The summed E-state index contributed by atoms with van der Waals surface area (Å²) in [5, 5.41) is 3.31. The number of anilines is 1. The topological polar surface area (TPSA) is 38.3 Å². The second-order valence-electron chi connectivity index (χ2n) is 6.27. The van der Waals surface area contributed by atoms with Crippen molar-refractivity contribution in [3.63, 3.8) is 0 Å². The number of rotatable bonds is 7. The molecule has 0 aliphatic heterocycles. The molecule has 5 heteroatoms. The monoisotopic (exact) mass is 383 g/mol. The molecule has 0 bridgehead atoms. The summed E-state index contributed by atoms with van der Waals surface area (Å²) in [7, 11) is 0.342. The lowest BCUT2D eigenvalue weighted by Crippen LogP contribution is -2.19. The van der Waals surface area contributed by atoms with Gasteiger partial charge in [-0.3, -0.25) is 4.21 Å². The summed E-state index contributed by atoms with van der Waals surface area (Å²) in [5.74, 6) is 0.686. The lowest BCUT2D eigenvalue weighted by atomic mass is 10.1. The summed E-state index contributed by atoms with van der Waals surface area (Å²) >= 11 is 0. The molecule has 2 atom stereocenters. The van der Waals surface area contributed by atoms with Gasteiger partial charge < -0.3 is 10.1 Å². The molecule has 0 aliphatic carbocycles. The van der Waals surface area contributed by atoms with Gasteiger partial charge in [-0.1, -0.05) is 35.9 Å². The van der Waals surface area contributed by atoms with Crippen LogP contribution in [0.4, 0.5) is 10.1 Å². The van der Waals surface area contributed by atoms with E-state index in [0.717, 1.165) is 21.9 Å². The zero-order valence-electron chi connectivity index (χ0n) is 15.3. The Bertz CT molecular complexity index is 910. The molecule has 140 valence electrons. The molecule has 0 spiro atoms. The van der Waals surface area contributed by atoms with Gasteiger partial charge in [0, 0.05) is 16.1 Å². The minimum atomic E-state index is -1.26. The van der Waals surface area contributed by atoms with Crippen molar-refractivity contribution < 1.29 is 13.3 Å². The highest BCUT2D eigenvalue weighted by atomic mass is 32.2. The molecule has 0 radical (unpaired) electrons. The van der Waals surface area contributed by atoms with Gasteiger partial charge in [-0.2, -0.15) is 0 Å². The molecule has 0 saturated heterocycles. The van der Waals surface area contributed by atoms with Crippen LogP contribution in [0.3, 0.4) is 0 Å². The molecule has 3 aromatic rings. The molecule has 3 aromatic carbocycles. The van der Waals surface area contributed by atoms with E-state index in [0.29, 0.717) is 5.56 Å². The van der Waals surface area contributed by atoms with Crippen molar-refractivity contribution >= 4 is 16.5 Å². The Morgan fingerprint density at radius 3 is 2.30 bits per heavy atom. The fraction of sp³-hybridized carbons (Fsp3) is 0.182. The number of ether oxygens (including phenoxy) is 1. The van der Waals surface area contributed by atoms with E-state index in [2.05, 4.69) is 5.32 Å². The third-order valence-corrected chi connectivity index (χ3v) is 5.75. The minimum Gasteiger partial charge on any atom is -0.497 e. The van der Waals surface area contributed by atoms with Crippen molar-refractivity contribution in [2.45, 2.75) is 17.9 Å². The van der Waals surface area contributed by atoms with Gasteiger partial charge in [-0.15, -0.1) is 0 Å². The van der Waals surface area contributed by atoms with Crippen molar-refractivity contribution in [2.24, 2.45) is 0 Å². The second kappa shape index (κ2) is 8.82. The molecule has 3 nitrogen and oxygen atoms in total. The lowest BCUT2D eigenvalue weighted by molar-refractivity contribution is 0.415. The van der Waals surface area contributed by atoms with Crippen molar-refractivity contribution in [3.8, 4) is 5.75 Å². The van der Waals surface area contributed by atoms with E-state index in [4.69, 9.17) is 4.74 Å². The SMILES string of the molecule is COc1ccc(N[C@H](C[S@@](=O)c2ccc(C)cc2)c2ccccc2F)cc1. The highest BCUT2D eigenvalue weighted by molar-refractivity contribution is 7.85. The molecular formula is C22H22FNO2S. The van der Waals surface area contributed by atoms with Crippen molar-refractivity contribution in [1.82, 2.24) is 0 Å². The third kappa shape index (κ3) is 4.95. The molecule has 3 rings (SSSR count). The average molecular weight is 383 g/mol. The minimum absolute atomic E-state index is 0.260. The Kier molecular flexibility index (Phi) is 6.24. The highest BCUT2D eigenvalue weighted by Crippen LogP contribution is 2.26. The predicted octanol–water partition coefficient (Wildman–Crippen LogP) is 5.10. The quantitative estimate of drug-likeness (QED) is 0.617. The fourth-order valence-corrected chi connectivity index (χ4v) is 3.99. The van der Waals surface area contributed by atoms with Crippen LogP contribution in [-0.4, -0.2) is 17.1 Å². The number of hydrogen-bond donors (Lipinski definition) is 1. The van der Waals surface area contributed by atoms with Gasteiger partial charge in [0.1, 0.15) is 11.6 Å². The molecule has 0 aromatic heterocycles. The van der Waals surface area contributed by atoms with E-state index in [1.807, 2.05) is 55.5 Å². The van der Waals surface area contributed by atoms with Gasteiger partial charge in [0.2, 0.25) is 0 Å². The van der Waals surface area contributed by atoms with Crippen LogP contribution in [0.1, 0.15) is 17.2 Å². The molecule has 0 unspecified atom stereocenters. The lowest BCUT2D eigenvalue weighted by Gasteiger charge is -2.21. The first-order valence-electron chi connectivity index (χ1n) is 8.67. The zero-order chi connectivity index (χ0) is 19.2. The maximum atomic E-state index is 14.4. The number of nitrogens with one attached hydrogen (secondary N) is 1. The van der Waals surface area contributed by atoms with Gasteiger partial charge in [0.05, 0.1) is 29.7 Å². The average Bonchev–Trinajstić information content (AvgIpc) is 2.69. The first-order chi connectivity index (χ1) is 13.1. The molecule has 27 heavy (non-hydrogen) atoms. The first kappa shape index (κ1) is 19.1. The van der Waals surface area contributed by atoms with Crippen LogP contribution in [0, 0.1) is 12.7 Å². The van der Waals surface area contributed by atoms with E-state index >= 15 is 0 Å². The Labute approximate surface area is 161 Å². The summed E-state index contributed by atoms with van der Waals surface area (Å²) in [5.41, 5.74) is 2.41. The maximum absolute atomic E-state index is 14.4. The van der Waals surface area contributed by atoms with Crippen LogP contribution < -0.4 is 10.1 Å². The predicted molar refractivity (Wildman–Crippen MR) is 108 cm³/mol. The summed E-state index contributed by atoms with van der Waals surface area (Å²) in [6.45, 7) is 1.99. The van der Waals surface area contributed by atoms with Gasteiger partial charge in [0.25, 0.3) is 0 Å². The largest absolute Gasteiger partial charge is 0.497 e. The maximum Gasteiger partial charge on any atom is 0.128 e. The van der Waals surface area contributed by atoms with Crippen LogP contribution in [-0.2, 0) is 10.8 Å². The molecule has 0 amide bonds. The van der Waals surface area contributed by atoms with Crippen LogP contribution >= 0.6 is 0 Å². The first-order valence-corrected chi connectivity index (χ1v) is 9.99. The van der Waals surface area contributed by atoms with E-state index in [1.54, 1.807) is 25.3 Å². The second-order valence-corrected chi connectivity index (χ2v) is 7.77. The van der Waals surface area contributed by atoms with Crippen molar-refractivity contribution in [3.05, 3.63) is 89.7 Å². The van der Waals surface area contributed by atoms with E-state index in [9.17, 15) is 8.60 Å². The van der Waals surface area contributed by atoms with E-state index in [-0.39, 0.29) is 11.6 Å². The van der Waals surface area contributed by atoms with Gasteiger partial charge in [-0.05, 0) is 49.4 Å². The van der Waals surface area contributed by atoms with Gasteiger partial charge in [0.15, 0.2) is 0 Å². The molecule has 0 aliphatic rings. The van der Waals surface area contributed by atoms with Crippen LogP contribution in [0.15, 0.2) is 77.7 Å². The van der Waals surface area contributed by atoms with Crippen LogP contribution in [0.5, 0.6) is 5.75 Å². The van der Waals surface area contributed by atoms with Gasteiger partial charge >= 0.3 is 0 Å². The van der Waals surface area contributed by atoms with Crippen molar-refractivity contribution in [2.75, 3.05) is 18.2 Å². The Morgan fingerprint density at radius 2 is 1.67 bits per heavy atom. The fourth-order valence-electron chi connectivity index (χ4n) is 2.79. The zero-order valence-corrected chi connectivity index (χ0v) is 16.1. The van der Waals surface area contributed by atoms with Crippen LogP contribution in [0.2, 0.25) is 0 Å². The van der Waals surface area contributed by atoms with E-state index in [1.165, 1.54) is 6.07 Å². The molecule has 0 fully saturated rings. The summed E-state index contributed by atoms with van der Waals surface area (Å²) in [6.07, 6.45) is 0. The number of methoxy groups -OCH3 is 1. The summed E-state index contributed by atoms with van der Waals surface area (Å²) in [4.78, 5) is 0.735. The highest BCUT2D eigenvalue weighted by Gasteiger charge is 2.19. The molecule has 0 heterocycles. The smallest absolute Gasteiger partial charge is 0.128 e. The Morgan fingerprint density at radius 1 is 1.00 bits per heavy atom. The summed E-state index contributed by atoms with van der Waals surface area (Å²) < 4.78 is 32.5. The van der Waals surface area contributed by atoms with Crippen LogP contribution in [0.25, 0.3) is 0 Å². The molecule has 0 saturated carbocycles. The molecular weight excluding hydrogens is 361 g/mol. The summed E-state index contributed by atoms with van der Waals surface area (Å²) in [6, 6.07) is 21.1.